The predicted molar refractivity (Wildman–Crippen MR) is 77.3 cm³/mol. The number of aromatic nitrogens is 1. The van der Waals surface area contributed by atoms with Crippen molar-refractivity contribution in [1.82, 2.24) is 4.98 Å². The molecule has 0 aliphatic heterocycles. The Morgan fingerprint density at radius 2 is 2.28 bits per heavy atom. The molecular weight excluding hydrogens is 242 g/mol. The van der Waals surface area contributed by atoms with Gasteiger partial charge in [-0.2, -0.15) is 11.3 Å². The van der Waals surface area contributed by atoms with Crippen LogP contribution in [0.5, 0.6) is 0 Å². The number of rotatable bonds is 5. The number of nitrogens with one attached hydrogen (secondary N) is 1. The molecule has 0 radical (unpaired) electrons. The standard InChI is InChI=1S/C14H17N3S/c1-15-13-3-2-4-14(16-13)17(12-5-6-12)9-11-7-8-18-10-11/h2-4,7-8,10,12H,5-6,9H2,1H3,(H,15,16). The van der Waals surface area contributed by atoms with Crippen molar-refractivity contribution in [2.24, 2.45) is 0 Å². The Labute approximate surface area is 111 Å². The molecule has 1 saturated carbocycles. The van der Waals surface area contributed by atoms with Crippen LogP contribution in [-0.4, -0.2) is 18.1 Å². The third-order valence-electron chi connectivity index (χ3n) is 3.21. The van der Waals surface area contributed by atoms with Crippen molar-refractivity contribution >= 4 is 23.0 Å². The lowest BCUT2D eigenvalue weighted by Crippen LogP contribution is -2.25. The van der Waals surface area contributed by atoms with E-state index in [2.05, 4.69) is 44.2 Å². The number of nitrogens with zero attached hydrogens (tertiary/aromatic N) is 2. The normalized spacial score (nSPS) is 14.5. The second kappa shape index (κ2) is 4.98. The van der Waals surface area contributed by atoms with E-state index < -0.39 is 0 Å². The number of anilines is 2. The Kier molecular flexibility index (Phi) is 3.19. The summed E-state index contributed by atoms with van der Waals surface area (Å²) in [6.07, 6.45) is 2.57. The van der Waals surface area contributed by atoms with Crippen LogP contribution in [0, 0.1) is 0 Å². The molecule has 4 heteroatoms. The first kappa shape index (κ1) is 11.5. The van der Waals surface area contributed by atoms with Gasteiger partial charge in [0.15, 0.2) is 0 Å². The van der Waals surface area contributed by atoms with Crippen LogP contribution in [0.4, 0.5) is 11.6 Å². The summed E-state index contributed by atoms with van der Waals surface area (Å²) in [5.41, 5.74) is 1.38. The maximum atomic E-state index is 4.65. The highest BCUT2D eigenvalue weighted by molar-refractivity contribution is 7.07. The topological polar surface area (TPSA) is 28.2 Å². The van der Waals surface area contributed by atoms with Crippen LogP contribution in [0.2, 0.25) is 0 Å². The van der Waals surface area contributed by atoms with E-state index in [9.17, 15) is 0 Å². The van der Waals surface area contributed by atoms with Gasteiger partial charge in [-0.15, -0.1) is 0 Å². The molecule has 0 spiro atoms. The maximum absolute atomic E-state index is 4.65. The van der Waals surface area contributed by atoms with Gasteiger partial charge in [0.2, 0.25) is 0 Å². The van der Waals surface area contributed by atoms with Crippen molar-refractivity contribution in [3.8, 4) is 0 Å². The van der Waals surface area contributed by atoms with Crippen LogP contribution in [0.1, 0.15) is 18.4 Å². The highest BCUT2D eigenvalue weighted by Crippen LogP contribution is 2.32. The molecule has 3 rings (SSSR count). The van der Waals surface area contributed by atoms with Crippen LogP contribution in [0.15, 0.2) is 35.0 Å². The van der Waals surface area contributed by atoms with E-state index in [1.165, 1.54) is 18.4 Å². The Hall–Kier alpha value is -1.55. The lowest BCUT2D eigenvalue weighted by Gasteiger charge is -2.23. The summed E-state index contributed by atoms with van der Waals surface area (Å²) in [4.78, 5) is 7.07. The van der Waals surface area contributed by atoms with Gasteiger partial charge in [-0.25, -0.2) is 4.98 Å². The van der Waals surface area contributed by atoms with E-state index in [0.29, 0.717) is 6.04 Å². The van der Waals surface area contributed by atoms with Gasteiger partial charge < -0.3 is 10.2 Å². The SMILES string of the molecule is CNc1cccc(N(Cc2ccsc2)C2CC2)n1. The van der Waals surface area contributed by atoms with E-state index >= 15 is 0 Å². The van der Waals surface area contributed by atoms with Gasteiger partial charge in [-0.1, -0.05) is 6.07 Å². The molecule has 2 heterocycles. The summed E-state index contributed by atoms with van der Waals surface area (Å²) in [7, 11) is 1.91. The molecule has 18 heavy (non-hydrogen) atoms. The molecule has 0 unspecified atom stereocenters. The zero-order valence-corrected chi connectivity index (χ0v) is 11.3. The Bertz CT molecular complexity index is 506. The smallest absolute Gasteiger partial charge is 0.131 e. The molecule has 2 aromatic heterocycles. The van der Waals surface area contributed by atoms with E-state index in [1.54, 1.807) is 11.3 Å². The molecule has 1 aliphatic carbocycles. The molecule has 0 saturated heterocycles. The van der Waals surface area contributed by atoms with E-state index in [1.807, 2.05) is 13.1 Å². The minimum Gasteiger partial charge on any atom is -0.373 e. The number of hydrogen-bond acceptors (Lipinski definition) is 4. The molecule has 1 aliphatic rings. The molecule has 0 amide bonds. The fourth-order valence-corrected chi connectivity index (χ4v) is 2.74. The van der Waals surface area contributed by atoms with Crippen LogP contribution in [0.3, 0.4) is 0 Å². The van der Waals surface area contributed by atoms with Gasteiger partial charge in [0.05, 0.1) is 0 Å². The predicted octanol–water partition coefficient (Wildman–Crippen LogP) is 3.35. The van der Waals surface area contributed by atoms with Crippen LogP contribution >= 0.6 is 11.3 Å². The van der Waals surface area contributed by atoms with Crippen LogP contribution < -0.4 is 10.2 Å². The van der Waals surface area contributed by atoms with Crippen molar-refractivity contribution in [3.05, 3.63) is 40.6 Å². The Morgan fingerprint density at radius 3 is 2.94 bits per heavy atom. The van der Waals surface area contributed by atoms with E-state index in [-0.39, 0.29) is 0 Å². The summed E-state index contributed by atoms with van der Waals surface area (Å²) >= 11 is 1.76. The quantitative estimate of drug-likeness (QED) is 0.892. The van der Waals surface area contributed by atoms with Crippen LogP contribution in [0.25, 0.3) is 0 Å². The Balaban J connectivity index is 1.84. The molecular formula is C14H17N3S. The highest BCUT2D eigenvalue weighted by Gasteiger charge is 2.30. The first-order valence-corrected chi connectivity index (χ1v) is 7.23. The molecule has 94 valence electrons. The lowest BCUT2D eigenvalue weighted by molar-refractivity contribution is 0.781. The fourth-order valence-electron chi connectivity index (χ4n) is 2.09. The molecule has 2 aromatic rings. The van der Waals surface area contributed by atoms with Crippen molar-refractivity contribution in [2.75, 3.05) is 17.3 Å². The van der Waals surface area contributed by atoms with E-state index in [0.717, 1.165) is 18.2 Å². The summed E-state index contributed by atoms with van der Waals surface area (Å²) in [5.74, 6) is 2.01. The van der Waals surface area contributed by atoms with Gasteiger partial charge in [0, 0.05) is 19.6 Å². The molecule has 0 atom stereocenters. The molecule has 1 fully saturated rings. The van der Waals surface area contributed by atoms with Gasteiger partial charge >= 0.3 is 0 Å². The summed E-state index contributed by atoms with van der Waals surface area (Å²) in [5, 5.41) is 7.46. The number of pyridine rings is 1. The van der Waals surface area contributed by atoms with Crippen LogP contribution in [-0.2, 0) is 6.54 Å². The van der Waals surface area contributed by atoms with E-state index in [4.69, 9.17) is 0 Å². The van der Waals surface area contributed by atoms with Crippen molar-refractivity contribution in [1.29, 1.82) is 0 Å². The average Bonchev–Trinajstić information content (AvgIpc) is 3.13. The average molecular weight is 259 g/mol. The molecule has 0 aromatic carbocycles. The summed E-state index contributed by atoms with van der Waals surface area (Å²) < 4.78 is 0. The third kappa shape index (κ3) is 2.48. The maximum Gasteiger partial charge on any atom is 0.131 e. The van der Waals surface area contributed by atoms with Gasteiger partial charge in [0.25, 0.3) is 0 Å². The Morgan fingerprint density at radius 1 is 1.39 bits per heavy atom. The highest BCUT2D eigenvalue weighted by atomic mass is 32.1. The largest absolute Gasteiger partial charge is 0.373 e. The monoisotopic (exact) mass is 259 g/mol. The minimum atomic E-state index is 0.671. The summed E-state index contributed by atoms with van der Waals surface area (Å²) in [6, 6.07) is 9.04. The zero-order chi connectivity index (χ0) is 12.4. The van der Waals surface area contributed by atoms with Gasteiger partial charge in [-0.05, 0) is 47.4 Å². The fraction of sp³-hybridized carbons (Fsp3) is 0.357. The second-order valence-corrected chi connectivity index (χ2v) is 5.40. The molecule has 1 N–H and O–H groups in total. The van der Waals surface area contributed by atoms with Gasteiger partial charge in [0.1, 0.15) is 11.6 Å². The van der Waals surface area contributed by atoms with Gasteiger partial charge in [-0.3, -0.25) is 0 Å². The molecule has 0 bridgehead atoms. The van der Waals surface area contributed by atoms with Crippen molar-refractivity contribution in [2.45, 2.75) is 25.4 Å². The number of thiophene rings is 1. The van der Waals surface area contributed by atoms with Crippen molar-refractivity contribution in [3.63, 3.8) is 0 Å². The van der Waals surface area contributed by atoms with Crippen molar-refractivity contribution < 1.29 is 0 Å². The minimum absolute atomic E-state index is 0.671. The first-order chi connectivity index (χ1) is 8.86. The second-order valence-electron chi connectivity index (χ2n) is 4.62. The lowest BCUT2D eigenvalue weighted by atomic mass is 10.3. The third-order valence-corrected chi connectivity index (χ3v) is 3.94. The summed E-state index contributed by atoms with van der Waals surface area (Å²) in [6.45, 7) is 0.967. The molecule has 3 nitrogen and oxygen atoms in total. The first-order valence-electron chi connectivity index (χ1n) is 6.29. The zero-order valence-electron chi connectivity index (χ0n) is 10.5. The number of hydrogen-bond donors (Lipinski definition) is 1.